The van der Waals surface area contributed by atoms with Gasteiger partial charge < -0.3 is 30.0 Å². The summed E-state index contributed by atoms with van der Waals surface area (Å²) < 4.78 is 15.5. The van der Waals surface area contributed by atoms with E-state index in [0.29, 0.717) is 50.1 Å². The zero-order chi connectivity index (χ0) is 31.0. The molecular weight excluding hydrogens is 606 g/mol. The molecular formula is C30H40BrN5O6. The van der Waals surface area contributed by atoms with E-state index in [2.05, 4.69) is 41.5 Å². The standard InChI is InChI=1S/C22H24N4O4.C8H16BrNO2/c1-3-29-20(28)17-9-5-15(6-10-17)13-19-24-21(26-22(25-19)30-4-2)23-14-16-7-11-18(27)12-8-16;1-8(2,3)12-7(11)10-6-4-5-9/h5-12,27H,3-4,13-14H2,1-2H3,(H,23,24,25,26);4-6H2,1-3H3,(H,10,11). The average Bonchev–Trinajstić information content (AvgIpc) is 2.93. The molecule has 3 aromatic rings. The molecule has 3 rings (SSSR count). The zero-order valence-electron chi connectivity index (χ0n) is 24.8. The third-order valence-corrected chi connectivity index (χ3v) is 5.69. The Bertz CT molecular complexity index is 1250. The van der Waals surface area contributed by atoms with E-state index in [1.54, 1.807) is 31.2 Å². The van der Waals surface area contributed by atoms with Crippen LogP contribution in [0.4, 0.5) is 10.7 Å². The Labute approximate surface area is 255 Å². The number of hydrogen-bond acceptors (Lipinski definition) is 10. The smallest absolute Gasteiger partial charge is 0.407 e. The lowest BCUT2D eigenvalue weighted by Crippen LogP contribution is -2.33. The molecule has 1 heterocycles. The molecule has 228 valence electrons. The highest BCUT2D eigenvalue weighted by atomic mass is 79.9. The fourth-order valence-electron chi connectivity index (χ4n) is 3.27. The molecule has 3 N–H and O–H groups in total. The largest absolute Gasteiger partial charge is 0.508 e. The number of aromatic nitrogens is 3. The van der Waals surface area contributed by atoms with Crippen LogP contribution in [0.3, 0.4) is 0 Å². The summed E-state index contributed by atoms with van der Waals surface area (Å²) in [4.78, 5) is 35.9. The fourth-order valence-corrected chi connectivity index (χ4v) is 3.55. The van der Waals surface area contributed by atoms with Crippen molar-refractivity contribution in [3.05, 3.63) is 71.0 Å². The lowest BCUT2D eigenvalue weighted by Gasteiger charge is -2.19. The van der Waals surface area contributed by atoms with Crippen molar-refractivity contribution in [1.29, 1.82) is 0 Å². The monoisotopic (exact) mass is 645 g/mol. The molecule has 0 aliphatic rings. The molecule has 0 radical (unpaired) electrons. The summed E-state index contributed by atoms with van der Waals surface area (Å²) >= 11 is 3.27. The van der Waals surface area contributed by atoms with Gasteiger partial charge in [-0.05, 0) is 76.4 Å². The first-order valence-electron chi connectivity index (χ1n) is 13.7. The van der Waals surface area contributed by atoms with Crippen LogP contribution in [0.5, 0.6) is 11.8 Å². The summed E-state index contributed by atoms with van der Waals surface area (Å²) in [6.45, 7) is 11.1. The van der Waals surface area contributed by atoms with Crippen molar-refractivity contribution >= 4 is 33.9 Å². The van der Waals surface area contributed by atoms with Crippen LogP contribution in [0.1, 0.15) is 68.3 Å². The molecule has 12 heteroatoms. The van der Waals surface area contributed by atoms with Gasteiger partial charge in [0.2, 0.25) is 5.95 Å². The molecule has 0 fully saturated rings. The van der Waals surface area contributed by atoms with Crippen LogP contribution in [-0.2, 0) is 22.4 Å². The summed E-state index contributed by atoms with van der Waals surface area (Å²) in [6, 6.07) is 14.3. The second kappa shape index (κ2) is 17.8. The van der Waals surface area contributed by atoms with Gasteiger partial charge in [-0.25, -0.2) is 9.59 Å². The number of carbonyl (C=O) groups excluding carboxylic acids is 2. The van der Waals surface area contributed by atoms with Gasteiger partial charge in [0, 0.05) is 24.8 Å². The van der Waals surface area contributed by atoms with Crippen molar-refractivity contribution in [1.82, 2.24) is 20.3 Å². The van der Waals surface area contributed by atoms with E-state index in [0.717, 1.165) is 22.9 Å². The predicted octanol–water partition coefficient (Wildman–Crippen LogP) is 5.65. The van der Waals surface area contributed by atoms with Crippen molar-refractivity contribution in [2.24, 2.45) is 0 Å². The number of alkyl halides is 1. The SMILES string of the molecule is CC(C)(C)OC(=O)NCCCBr.CCOC(=O)c1ccc(Cc2nc(NCc3ccc(O)cc3)nc(OCC)n2)cc1. The summed E-state index contributed by atoms with van der Waals surface area (Å²) in [7, 11) is 0. The minimum absolute atomic E-state index is 0.216. The summed E-state index contributed by atoms with van der Waals surface area (Å²) in [5, 5.41) is 16.1. The number of rotatable bonds is 12. The first-order chi connectivity index (χ1) is 20.0. The maximum Gasteiger partial charge on any atom is 0.407 e. The second-order valence-corrected chi connectivity index (χ2v) is 10.7. The first-order valence-corrected chi connectivity index (χ1v) is 14.8. The Kier molecular flexibility index (Phi) is 14.5. The van der Waals surface area contributed by atoms with Gasteiger partial charge in [-0.2, -0.15) is 15.0 Å². The number of alkyl carbamates (subject to hydrolysis) is 1. The van der Waals surface area contributed by atoms with Gasteiger partial charge in [-0.1, -0.05) is 40.2 Å². The third kappa shape index (κ3) is 13.6. The van der Waals surface area contributed by atoms with E-state index in [9.17, 15) is 14.7 Å². The molecule has 1 amide bonds. The Morgan fingerprint density at radius 2 is 1.60 bits per heavy atom. The number of nitrogens with one attached hydrogen (secondary N) is 2. The summed E-state index contributed by atoms with van der Waals surface area (Å²) in [5.41, 5.74) is 2.02. The highest BCUT2D eigenvalue weighted by molar-refractivity contribution is 9.09. The number of aromatic hydroxyl groups is 1. The number of halogens is 1. The number of anilines is 1. The Morgan fingerprint density at radius 1 is 0.929 bits per heavy atom. The number of hydrogen-bond donors (Lipinski definition) is 3. The van der Waals surface area contributed by atoms with Crippen molar-refractivity contribution in [3.63, 3.8) is 0 Å². The molecule has 11 nitrogen and oxygen atoms in total. The number of phenolic OH excluding ortho intramolecular Hbond substituents is 1. The van der Waals surface area contributed by atoms with Crippen LogP contribution in [0.2, 0.25) is 0 Å². The van der Waals surface area contributed by atoms with Gasteiger partial charge in [0.15, 0.2) is 0 Å². The molecule has 1 aromatic heterocycles. The second-order valence-electron chi connectivity index (χ2n) is 9.88. The summed E-state index contributed by atoms with van der Waals surface area (Å²) in [6.07, 6.45) is 1.03. The quantitative estimate of drug-likeness (QED) is 0.128. The van der Waals surface area contributed by atoms with Gasteiger partial charge >= 0.3 is 18.1 Å². The van der Waals surface area contributed by atoms with Crippen molar-refractivity contribution in [2.75, 3.05) is 30.4 Å². The van der Waals surface area contributed by atoms with Crippen LogP contribution in [-0.4, -0.2) is 62.8 Å². The number of phenols is 1. The maximum absolute atomic E-state index is 11.8. The molecule has 0 saturated carbocycles. The van der Waals surface area contributed by atoms with Crippen LogP contribution < -0.4 is 15.4 Å². The first kappa shape index (κ1) is 34.3. The lowest BCUT2D eigenvalue weighted by molar-refractivity contribution is 0.0516. The van der Waals surface area contributed by atoms with Gasteiger partial charge in [0.1, 0.15) is 17.2 Å². The van der Waals surface area contributed by atoms with Crippen LogP contribution >= 0.6 is 15.9 Å². The van der Waals surface area contributed by atoms with E-state index in [4.69, 9.17) is 14.2 Å². The van der Waals surface area contributed by atoms with E-state index >= 15 is 0 Å². The van der Waals surface area contributed by atoms with Crippen LogP contribution in [0, 0.1) is 0 Å². The number of esters is 1. The van der Waals surface area contributed by atoms with Gasteiger partial charge in [-0.3, -0.25) is 0 Å². The number of benzene rings is 2. The molecule has 0 atom stereocenters. The Balaban J connectivity index is 0.000000435. The normalized spacial score (nSPS) is 10.6. The predicted molar refractivity (Wildman–Crippen MR) is 164 cm³/mol. The van der Waals surface area contributed by atoms with Gasteiger partial charge in [0.05, 0.1) is 18.8 Å². The van der Waals surface area contributed by atoms with E-state index < -0.39 is 5.60 Å². The third-order valence-electron chi connectivity index (χ3n) is 5.13. The highest BCUT2D eigenvalue weighted by Crippen LogP contribution is 2.15. The minimum Gasteiger partial charge on any atom is -0.508 e. The van der Waals surface area contributed by atoms with E-state index in [1.807, 2.05) is 52.0 Å². The van der Waals surface area contributed by atoms with E-state index in [1.165, 1.54) is 0 Å². The molecule has 0 aliphatic heterocycles. The molecule has 0 saturated heterocycles. The topological polar surface area (TPSA) is 145 Å². The molecule has 0 aliphatic carbocycles. The molecule has 0 spiro atoms. The maximum atomic E-state index is 11.8. The van der Waals surface area contributed by atoms with Crippen molar-refractivity contribution < 1.29 is 28.9 Å². The van der Waals surface area contributed by atoms with Crippen LogP contribution in [0.15, 0.2) is 48.5 Å². The van der Waals surface area contributed by atoms with Gasteiger partial charge in [-0.15, -0.1) is 0 Å². The zero-order valence-corrected chi connectivity index (χ0v) is 26.4. The Hall–Kier alpha value is -3.93. The molecule has 0 bridgehead atoms. The number of nitrogens with zero attached hydrogens (tertiary/aromatic N) is 3. The molecule has 42 heavy (non-hydrogen) atoms. The molecule has 2 aromatic carbocycles. The van der Waals surface area contributed by atoms with Crippen molar-refractivity contribution in [3.8, 4) is 11.8 Å². The molecule has 0 unspecified atom stereocenters. The Morgan fingerprint density at radius 3 is 2.19 bits per heavy atom. The van der Waals surface area contributed by atoms with E-state index in [-0.39, 0.29) is 23.8 Å². The van der Waals surface area contributed by atoms with Crippen LogP contribution in [0.25, 0.3) is 0 Å². The number of ether oxygens (including phenoxy) is 3. The lowest BCUT2D eigenvalue weighted by atomic mass is 10.1. The number of amides is 1. The number of carbonyl (C=O) groups is 2. The van der Waals surface area contributed by atoms with Crippen molar-refractivity contribution in [2.45, 2.75) is 59.6 Å². The summed E-state index contributed by atoms with van der Waals surface area (Å²) in [5.74, 6) is 0.822. The minimum atomic E-state index is -0.404. The average molecular weight is 647 g/mol. The fraction of sp³-hybridized carbons (Fsp3) is 0.433. The highest BCUT2D eigenvalue weighted by Gasteiger charge is 2.15. The van der Waals surface area contributed by atoms with Gasteiger partial charge in [0.25, 0.3) is 0 Å².